The number of aryl methyl sites for hydroxylation is 1. The first-order chi connectivity index (χ1) is 17.3. The van der Waals surface area contributed by atoms with E-state index in [9.17, 15) is 14.7 Å². The molecule has 0 spiro atoms. The van der Waals surface area contributed by atoms with E-state index in [-0.39, 0.29) is 24.4 Å². The van der Waals surface area contributed by atoms with Crippen LogP contribution >= 0.6 is 0 Å². The van der Waals surface area contributed by atoms with Crippen LogP contribution in [0.5, 0.6) is 5.75 Å². The molecule has 2 amide bonds. The van der Waals surface area contributed by atoms with Gasteiger partial charge in [0.15, 0.2) is 5.76 Å². The van der Waals surface area contributed by atoms with E-state index in [1.807, 2.05) is 0 Å². The van der Waals surface area contributed by atoms with Gasteiger partial charge in [0.2, 0.25) is 0 Å². The zero-order valence-corrected chi connectivity index (χ0v) is 20.7. The molecule has 1 saturated heterocycles. The fourth-order valence-corrected chi connectivity index (χ4v) is 4.66. The molecule has 0 saturated carbocycles. The zero-order valence-electron chi connectivity index (χ0n) is 20.7. The minimum atomic E-state index is -0.589. The molecular formula is C26H30N4O6. The molecule has 3 heterocycles. The summed E-state index contributed by atoms with van der Waals surface area (Å²) in [5, 5.41) is 21.0. The maximum Gasteiger partial charge on any atom is 0.256 e. The Hall–Kier alpha value is -3.89. The average molecular weight is 495 g/mol. The molecule has 1 fully saturated rings. The summed E-state index contributed by atoms with van der Waals surface area (Å²) >= 11 is 0. The van der Waals surface area contributed by atoms with Crippen LogP contribution in [0, 0.1) is 19.3 Å². The Balaban J connectivity index is 1.62. The SMILES string of the molecule is CNC(=O)c1c(C)oc2cc(O/C(=C/C=N)c3[nH]cc(C(=O)N4C[C@H](O)C[C@H]4COC)c3C)ccc12. The highest BCUT2D eigenvalue weighted by Crippen LogP contribution is 2.32. The maximum absolute atomic E-state index is 13.3. The lowest BCUT2D eigenvalue weighted by Gasteiger charge is -2.23. The molecule has 0 bridgehead atoms. The highest BCUT2D eigenvalue weighted by Gasteiger charge is 2.36. The first-order valence-electron chi connectivity index (χ1n) is 11.6. The van der Waals surface area contributed by atoms with Crippen molar-refractivity contribution in [3.63, 3.8) is 0 Å². The van der Waals surface area contributed by atoms with E-state index >= 15 is 0 Å². The number of H-pyrrole nitrogens is 1. The number of hydrogen-bond acceptors (Lipinski definition) is 7. The Bertz CT molecular complexity index is 1340. The van der Waals surface area contributed by atoms with Crippen molar-refractivity contribution in [1.29, 1.82) is 5.41 Å². The number of aromatic nitrogens is 1. The fraction of sp³-hybridized carbons (Fsp3) is 0.346. The smallest absolute Gasteiger partial charge is 0.256 e. The second-order valence-electron chi connectivity index (χ2n) is 8.73. The summed E-state index contributed by atoms with van der Waals surface area (Å²) in [6.45, 7) is 4.11. The van der Waals surface area contributed by atoms with Gasteiger partial charge in [-0.25, -0.2) is 0 Å². The summed E-state index contributed by atoms with van der Waals surface area (Å²) in [6, 6.07) is 4.94. The van der Waals surface area contributed by atoms with E-state index in [4.69, 9.17) is 19.3 Å². The number of aliphatic hydroxyl groups is 1. The normalized spacial score (nSPS) is 18.0. The second-order valence-corrected chi connectivity index (χ2v) is 8.73. The predicted molar refractivity (Wildman–Crippen MR) is 135 cm³/mol. The Morgan fingerprint density at radius 2 is 2.14 bits per heavy atom. The number of carbonyl (C=O) groups is 2. The largest absolute Gasteiger partial charge is 0.460 e. The number of aromatic amines is 1. The molecule has 2 atom stereocenters. The number of ether oxygens (including phenoxy) is 2. The van der Waals surface area contributed by atoms with Crippen LogP contribution in [0.2, 0.25) is 0 Å². The van der Waals surface area contributed by atoms with Crippen molar-refractivity contribution in [1.82, 2.24) is 15.2 Å². The molecule has 0 unspecified atom stereocenters. The van der Waals surface area contributed by atoms with E-state index in [2.05, 4.69) is 10.3 Å². The molecule has 2 aromatic heterocycles. The van der Waals surface area contributed by atoms with E-state index in [1.165, 1.54) is 6.08 Å². The number of benzene rings is 1. The first kappa shape index (κ1) is 25.2. The van der Waals surface area contributed by atoms with Gasteiger partial charge < -0.3 is 39.6 Å². The van der Waals surface area contributed by atoms with Gasteiger partial charge in [0, 0.05) is 50.6 Å². The number of methoxy groups -OCH3 is 1. The zero-order chi connectivity index (χ0) is 26.0. The van der Waals surface area contributed by atoms with Crippen LogP contribution in [-0.4, -0.2) is 72.5 Å². The van der Waals surface area contributed by atoms with Crippen molar-refractivity contribution in [2.24, 2.45) is 0 Å². The van der Waals surface area contributed by atoms with Crippen molar-refractivity contribution < 1.29 is 28.6 Å². The molecule has 10 nitrogen and oxygen atoms in total. The van der Waals surface area contributed by atoms with Crippen molar-refractivity contribution >= 4 is 34.8 Å². The quantitative estimate of drug-likeness (QED) is 0.280. The van der Waals surface area contributed by atoms with E-state index in [0.717, 1.165) is 6.21 Å². The molecule has 4 N–H and O–H groups in total. The fourth-order valence-electron chi connectivity index (χ4n) is 4.66. The van der Waals surface area contributed by atoms with Gasteiger partial charge in [-0.3, -0.25) is 9.59 Å². The summed E-state index contributed by atoms with van der Waals surface area (Å²) < 4.78 is 17.1. The number of hydrogen-bond donors (Lipinski definition) is 4. The van der Waals surface area contributed by atoms with Gasteiger partial charge in [-0.1, -0.05) is 0 Å². The number of carbonyl (C=O) groups excluding carboxylic acids is 2. The van der Waals surface area contributed by atoms with Gasteiger partial charge >= 0.3 is 0 Å². The number of aliphatic hydroxyl groups excluding tert-OH is 1. The number of likely N-dealkylation sites (tertiary alicyclic amines) is 1. The lowest BCUT2D eigenvalue weighted by molar-refractivity contribution is 0.0622. The number of β-amino-alcohol motifs (C(OH)–C–C–N with tert-alkyl or cyclic N) is 1. The Labute approximate surface area is 208 Å². The Morgan fingerprint density at radius 1 is 1.36 bits per heavy atom. The molecule has 1 aliphatic rings. The lowest BCUT2D eigenvalue weighted by atomic mass is 10.1. The number of fused-ring (bicyclic) bond motifs is 1. The third kappa shape index (κ3) is 4.65. The highest BCUT2D eigenvalue weighted by molar-refractivity contribution is 6.07. The first-order valence-corrected chi connectivity index (χ1v) is 11.6. The van der Waals surface area contributed by atoms with Gasteiger partial charge in [-0.15, -0.1) is 0 Å². The average Bonchev–Trinajstić information content (AvgIpc) is 3.51. The summed E-state index contributed by atoms with van der Waals surface area (Å²) in [7, 11) is 3.13. The van der Waals surface area contributed by atoms with E-state index in [0.29, 0.717) is 63.7 Å². The molecule has 10 heteroatoms. The van der Waals surface area contributed by atoms with Crippen molar-refractivity contribution in [2.75, 3.05) is 27.3 Å². The monoisotopic (exact) mass is 494 g/mol. The molecule has 1 aliphatic heterocycles. The predicted octanol–water partition coefficient (Wildman–Crippen LogP) is 3.03. The molecule has 4 rings (SSSR count). The van der Waals surface area contributed by atoms with Gasteiger partial charge in [0.1, 0.15) is 17.1 Å². The van der Waals surface area contributed by atoms with Crippen LogP contribution in [0.1, 0.15) is 44.2 Å². The summed E-state index contributed by atoms with van der Waals surface area (Å²) in [5.74, 6) is 0.834. The van der Waals surface area contributed by atoms with Crippen molar-refractivity contribution in [2.45, 2.75) is 32.4 Å². The number of furan rings is 1. The van der Waals surface area contributed by atoms with Crippen LogP contribution in [0.4, 0.5) is 0 Å². The van der Waals surface area contributed by atoms with Crippen LogP contribution in [0.25, 0.3) is 16.7 Å². The maximum atomic E-state index is 13.3. The van der Waals surface area contributed by atoms with E-state index < -0.39 is 6.10 Å². The molecule has 36 heavy (non-hydrogen) atoms. The van der Waals surface area contributed by atoms with Crippen LogP contribution in [-0.2, 0) is 4.74 Å². The highest BCUT2D eigenvalue weighted by atomic mass is 16.5. The second kappa shape index (κ2) is 10.4. The van der Waals surface area contributed by atoms with E-state index in [1.54, 1.807) is 57.3 Å². The third-order valence-electron chi connectivity index (χ3n) is 6.38. The topological polar surface area (TPSA) is 141 Å². The molecular weight excluding hydrogens is 464 g/mol. The Kier molecular flexibility index (Phi) is 7.27. The Morgan fingerprint density at radius 3 is 2.83 bits per heavy atom. The van der Waals surface area contributed by atoms with Crippen molar-refractivity contribution in [3.05, 3.63) is 58.6 Å². The van der Waals surface area contributed by atoms with Crippen molar-refractivity contribution in [3.8, 4) is 5.75 Å². The molecule has 3 aromatic rings. The van der Waals surface area contributed by atoms with Crippen LogP contribution in [0.15, 0.2) is 34.9 Å². The molecule has 0 aliphatic carbocycles. The van der Waals surface area contributed by atoms with Gasteiger partial charge in [-0.2, -0.15) is 0 Å². The van der Waals surface area contributed by atoms with Gasteiger partial charge in [-0.05, 0) is 38.0 Å². The molecule has 1 aromatic carbocycles. The van der Waals surface area contributed by atoms with Gasteiger partial charge in [0.25, 0.3) is 11.8 Å². The number of amides is 2. The summed E-state index contributed by atoms with van der Waals surface area (Å²) in [5.41, 5.74) is 2.62. The van der Waals surface area contributed by atoms with Crippen LogP contribution < -0.4 is 10.1 Å². The number of nitrogens with one attached hydrogen (secondary N) is 3. The summed E-state index contributed by atoms with van der Waals surface area (Å²) in [6.07, 6.45) is 4.07. The minimum Gasteiger partial charge on any atom is -0.460 e. The third-order valence-corrected chi connectivity index (χ3v) is 6.38. The number of allylic oxidation sites excluding steroid dienone is 1. The number of nitrogens with zero attached hydrogens (tertiary/aromatic N) is 1. The standard InChI is InChI=1S/C26H30N4O6/c1-14-20(26(33)30-12-17(31)9-16(30)13-34-4)11-29-24(14)21(7-8-27)36-18-5-6-19-22(10-18)35-15(2)23(19)25(32)28-3/h5-8,10-11,16-17,27,29,31H,9,12-13H2,1-4H3,(H,28,32)/b21-7+,27-8?/t16-,17+/m0/s1. The van der Waals surface area contributed by atoms with Gasteiger partial charge in [0.05, 0.1) is 35.6 Å². The van der Waals surface area contributed by atoms with Crippen LogP contribution in [0.3, 0.4) is 0 Å². The lowest BCUT2D eigenvalue weighted by Crippen LogP contribution is -2.38. The molecule has 190 valence electrons. The summed E-state index contributed by atoms with van der Waals surface area (Å²) in [4.78, 5) is 30.2. The molecule has 0 radical (unpaired) electrons. The minimum absolute atomic E-state index is 0.203. The number of rotatable bonds is 8.